The molecule has 1 atom stereocenters. The van der Waals surface area contributed by atoms with Crippen molar-refractivity contribution >= 4 is 16.0 Å². The van der Waals surface area contributed by atoms with Gasteiger partial charge in [-0.2, -0.15) is 5.26 Å². The molecule has 0 fully saturated rings. The molecule has 0 saturated carbocycles. The first-order chi connectivity index (χ1) is 12.4. The first kappa shape index (κ1) is 19.6. The zero-order chi connectivity index (χ0) is 19.2. The SMILES string of the molecule is CCOC(=O)CC(NS(=O)(=O)c1ccc(C)cc1)c1cccc(C#N)c1. The van der Waals surface area contributed by atoms with Crippen LogP contribution in [-0.4, -0.2) is 21.0 Å². The molecule has 1 unspecified atom stereocenters. The maximum Gasteiger partial charge on any atom is 0.307 e. The van der Waals surface area contributed by atoms with Crippen molar-refractivity contribution in [3.63, 3.8) is 0 Å². The molecule has 136 valence electrons. The number of nitrogens with zero attached hydrogens (tertiary/aromatic N) is 1. The number of carbonyl (C=O) groups excluding carboxylic acids is 1. The lowest BCUT2D eigenvalue weighted by Gasteiger charge is -2.19. The molecule has 0 heterocycles. The van der Waals surface area contributed by atoms with Gasteiger partial charge in [0.2, 0.25) is 10.0 Å². The highest BCUT2D eigenvalue weighted by Crippen LogP contribution is 2.22. The van der Waals surface area contributed by atoms with E-state index in [-0.39, 0.29) is 17.9 Å². The second-order valence-corrected chi connectivity index (χ2v) is 7.45. The topological polar surface area (TPSA) is 96.3 Å². The van der Waals surface area contributed by atoms with E-state index in [1.54, 1.807) is 43.3 Å². The zero-order valence-electron chi connectivity index (χ0n) is 14.6. The summed E-state index contributed by atoms with van der Waals surface area (Å²) in [5.74, 6) is -0.522. The summed E-state index contributed by atoms with van der Waals surface area (Å²) in [5.41, 5.74) is 1.84. The number of benzene rings is 2. The molecule has 2 rings (SSSR count). The van der Waals surface area contributed by atoms with Gasteiger partial charge in [0, 0.05) is 0 Å². The number of ether oxygens (including phenoxy) is 1. The van der Waals surface area contributed by atoms with Gasteiger partial charge >= 0.3 is 5.97 Å². The van der Waals surface area contributed by atoms with Crippen molar-refractivity contribution in [2.24, 2.45) is 0 Å². The Morgan fingerprint density at radius 3 is 2.54 bits per heavy atom. The number of sulfonamides is 1. The lowest BCUT2D eigenvalue weighted by atomic mass is 10.0. The molecule has 2 aromatic carbocycles. The highest BCUT2D eigenvalue weighted by molar-refractivity contribution is 7.89. The minimum atomic E-state index is -3.85. The van der Waals surface area contributed by atoms with Crippen molar-refractivity contribution in [3.8, 4) is 6.07 Å². The van der Waals surface area contributed by atoms with Crippen molar-refractivity contribution in [2.45, 2.75) is 31.2 Å². The predicted octanol–water partition coefficient (Wildman–Crippen LogP) is 2.84. The fourth-order valence-corrected chi connectivity index (χ4v) is 3.64. The molecule has 0 radical (unpaired) electrons. The molecule has 0 aliphatic rings. The van der Waals surface area contributed by atoms with Crippen LogP contribution in [0, 0.1) is 18.3 Å². The second kappa shape index (κ2) is 8.61. The van der Waals surface area contributed by atoms with Crippen molar-refractivity contribution in [2.75, 3.05) is 6.61 Å². The van der Waals surface area contributed by atoms with Gasteiger partial charge in [0.15, 0.2) is 0 Å². The predicted molar refractivity (Wildman–Crippen MR) is 96.6 cm³/mol. The number of carbonyl (C=O) groups is 1. The molecule has 0 amide bonds. The summed E-state index contributed by atoms with van der Waals surface area (Å²) in [4.78, 5) is 12.0. The molecule has 6 nitrogen and oxygen atoms in total. The molecule has 7 heteroatoms. The van der Waals surface area contributed by atoms with Crippen LogP contribution in [0.2, 0.25) is 0 Å². The minimum absolute atomic E-state index is 0.105. The highest BCUT2D eigenvalue weighted by Gasteiger charge is 2.24. The summed E-state index contributed by atoms with van der Waals surface area (Å²) < 4.78 is 32.9. The van der Waals surface area contributed by atoms with E-state index in [2.05, 4.69) is 4.72 Å². The Hall–Kier alpha value is -2.69. The molecular formula is C19H20N2O4S. The van der Waals surface area contributed by atoms with Crippen LogP contribution >= 0.6 is 0 Å². The zero-order valence-corrected chi connectivity index (χ0v) is 15.4. The molecule has 0 aromatic heterocycles. The van der Waals surface area contributed by atoms with E-state index >= 15 is 0 Å². The fraction of sp³-hybridized carbons (Fsp3) is 0.263. The van der Waals surface area contributed by atoms with E-state index in [1.807, 2.05) is 13.0 Å². The van der Waals surface area contributed by atoms with Gasteiger partial charge in [-0.1, -0.05) is 29.8 Å². The number of aryl methyl sites for hydroxylation is 1. The number of hydrogen-bond acceptors (Lipinski definition) is 5. The number of hydrogen-bond donors (Lipinski definition) is 1. The molecule has 0 bridgehead atoms. The Morgan fingerprint density at radius 2 is 1.92 bits per heavy atom. The first-order valence-electron chi connectivity index (χ1n) is 8.10. The summed E-state index contributed by atoms with van der Waals surface area (Å²) in [6.45, 7) is 3.74. The summed E-state index contributed by atoms with van der Waals surface area (Å²) in [5, 5.41) is 9.07. The van der Waals surface area contributed by atoms with Crippen LogP contribution in [-0.2, 0) is 19.6 Å². The van der Waals surface area contributed by atoms with Crippen LogP contribution in [0.4, 0.5) is 0 Å². The minimum Gasteiger partial charge on any atom is -0.466 e. The number of nitriles is 1. The number of rotatable bonds is 7. The second-order valence-electron chi connectivity index (χ2n) is 5.73. The first-order valence-corrected chi connectivity index (χ1v) is 9.58. The smallest absolute Gasteiger partial charge is 0.307 e. The molecular weight excluding hydrogens is 352 g/mol. The van der Waals surface area contributed by atoms with Gasteiger partial charge in [-0.15, -0.1) is 0 Å². The van der Waals surface area contributed by atoms with Gasteiger partial charge in [-0.3, -0.25) is 4.79 Å². The number of nitrogens with one attached hydrogen (secondary N) is 1. The van der Waals surface area contributed by atoms with E-state index < -0.39 is 22.0 Å². The standard InChI is InChI=1S/C19H20N2O4S/c1-3-25-19(22)12-18(16-6-4-5-15(11-16)13-20)21-26(23,24)17-9-7-14(2)8-10-17/h4-11,18,21H,3,12H2,1-2H3. The Balaban J connectivity index is 2.35. The van der Waals surface area contributed by atoms with Crippen LogP contribution in [0.1, 0.15) is 36.1 Å². The van der Waals surface area contributed by atoms with Crippen LogP contribution in [0.15, 0.2) is 53.4 Å². The van der Waals surface area contributed by atoms with E-state index in [0.717, 1.165) is 5.56 Å². The monoisotopic (exact) mass is 372 g/mol. The molecule has 2 aromatic rings. The molecule has 0 spiro atoms. The van der Waals surface area contributed by atoms with E-state index in [1.165, 1.54) is 12.1 Å². The molecule has 1 N–H and O–H groups in total. The fourth-order valence-electron chi connectivity index (χ4n) is 2.41. The largest absolute Gasteiger partial charge is 0.466 e. The third-order valence-corrected chi connectivity index (χ3v) is 5.21. The van der Waals surface area contributed by atoms with Crippen molar-refractivity contribution in [3.05, 3.63) is 65.2 Å². The van der Waals surface area contributed by atoms with Gasteiger partial charge in [0.1, 0.15) is 0 Å². The van der Waals surface area contributed by atoms with Crippen LogP contribution in [0.5, 0.6) is 0 Å². The van der Waals surface area contributed by atoms with Gasteiger partial charge in [0.25, 0.3) is 0 Å². The van der Waals surface area contributed by atoms with E-state index in [4.69, 9.17) is 10.00 Å². The third-order valence-electron chi connectivity index (χ3n) is 3.72. The summed E-state index contributed by atoms with van der Waals surface area (Å²) in [6, 6.07) is 14.1. The highest BCUT2D eigenvalue weighted by atomic mass is 32.2. The summed E-state index contributed by atoms with van der Waals surface area (Å²) in [6.07, 6.45) is -0.173. The van der Waals surface area contributed by atoms with Gasteiger partial charge in [0.05, 0.1) is 35.6 Å². The molecule has 0 aliphatic carbocycles. The van der Waals surface area contributed by atoms with Gasteiger partial charge in [-0.05, 0) is 43.7 Å². The third kappa shape index (κ3) is 5.15. The van der Waals surface area contributed by atoms with E-state index in [9.17, 15) is 13.2 Å². The number of esters is 1. The van der Waals surface area contributed by atoms with Gasteiger partial charge in [-0.25, -0.2) is 13.1 Å². The Bertz CT molecular complexity index is 915. The van der Waals surface area contributed by atoms with Crippen molar-refractivity contribution in [1.82, 2.24) is 4.72 Å². The Morgan fingerprint density at radius 1 is 1.23 bits per heavy atom. The maximum atomic E-state index is 12.7. The maximum absolute atomic E-state index is 12.7. The Labute approximate surface area is 153 Å². The normalized spacial score (nSPS) is 12.2. The Kier molecular flexibility index (Phi) is 6.50. The van der Waals surface area contributed by atoms with Gasteiger partial charge < -0.3 is 4.74 Å². The van der Waals surface area contributed by atoms with E-state index in [0.29, 0.717) is 11.1 Å². The van der Waals surface area contributed by atoms with Crippen molar-refractivity contribution < 1.29 is 17.9 Å². The lowest BCUT2D eigenvalue weighted by molar-refractivity contribution is -0.143. The van der Waals surface area contributed by atoms with Crippen LogP contribution < -0.4 is 4.72 Å². The quantitative estimate of drug-likeness (QED) is 0.754. The average Bonchev–Trinajstić information content (AvgIpc) is 2.61. The molecule has 0 aliphatic heterocycles. The lowest BCUT2D eigenvalue weighted by Crippen LogP contribution is -2.30. The summed E-state index contributed by atoms with van der Waals surface area (Å²) in [7, 11) is -3.85. The van der Waals surface area contributed by atoms with Crippen LogP contribution in [0.3, 0.4) is 0 Å². The summed E-state index contributed by atoms with van der Waals surface area (Å²) >= 11 is 0. The van der Waals surface area contributed by atoms with Crippen LogP contribution in [0.25, 0.3) is 0 Å². The van der Waals surface area contributed by atoms with Crippen molar-refractivity contribution in [1.29, 1.82) is 5.26 Å². The molecule has 26 heavy (non-hydrogen) atoms. The average molecular weight is 372 g/mol. The molecule has 0 saturated heterocycles.